The number of methoxy groups -OCH3 is 1. The molecule has 0 saturated heterocycles. The van der Waals surface area contributed by atoms with Crippen LogP contribution in [0.3, 0.4) is 0 Å². The molecule has 0 bridgehead atoms. The van der Waals surface area contributed by atoms with Gasteiger partial charge in [0.1, 0.15) is 11.2 Å². The zero-order chi connectivity index (χ0) is 24.7. The van der Waals surface area contributed by atoms with Gasteiger partial charge in [-0.05, 0) is 71.2 Å². The number of nitrogens with zero attached hydrogens (tertiary/aromatic N) is 1. The number of hydrogen-bond acceptors (Lipinski definition) is 7. The molecule has 0 fully saturated rings. The minimum absolute atomic E-state index is 0.0730. The number of carbonyl (C=O) groups is 2. The van der Waals surface area contributed by atoms with Crippen LogP contribution in [0, 0.1) is 6.92 Å². The molecule has 2 aliphatic heterocycles. The lowest BCUT2D eigenvalue weighted by atomic mass is 10.0. The Kier molecular flexibility index (Phi) is 6.57. The van der Waals surface area contributed by atoms with E-state index >= 15 is 0 Å². The Morgan fingerprint density at radius 3 is 2.71 bits per heavy atom. The van der Waals surface area contributed by atoms with Crippen molar-refractivity contribution in [3.05, 3.63) is 73.6 Å². The topological polar surface area (TPSA) is 79.9 Å². The SMILES string of the molecule is CCN1CCc2c(sc3c2C(=O)N[C@H](c2cc(Br)c(OC(=O)c4ccc(C)cc4)c(OC)c2)N3)C1. The zero-order valence-electron chi connectivity index (χ0n) is 19.7. The summed E-state index contributed by atoms with van der Waals surface area (Å²) in [5, 5.41) is 7.46. The summed E-state index contributed by atoms with van der Waals surface area (Å²) in [6, 6.07) is 10.8. The van der Waals surface area contributed by atoms with Gasteiger partial charge in [-0.2, -0.15) is 0 Å². The molecule has 182 valence electrons. The van der Waals surface area contributed by atoms with Crippen molar-refractivity contribution >= 4 is 44.1 Å². The van der Waals surface area contributed by atoms with Crippen molar-refractivity contribution in [2.45, 2.75) is 33.0 Å². The fourth-order valence-electron chi connectivity index (χ4n) is 4.45. The molecular weight excluding hydrogens is 530 g/mol. The Hall–Kier alpha value is -2.88. The maximum absolute atomic E-state index is 13.1. The van der Waals surface area contributed by atoms with Gasteiger partial charge >= 0.3 is 5.97 Å². The van der Waals surface area contributed by atoms with Crippen LogP contribution >= 0.6 is 27.3 Å². The number of ether oxygens (including phenoxy) is 2. The first-order chi connectivity index (χ1) is 16.9. The molecule has 1 atom stereocenters. The number of nitrogens with one attached hydrogen (secondary N) is 2. The van der Waals surface area contributed by atoms with E-state index in [1.54, 1.807) is 29.5 Å². The summed E-state index contributed by atoms with van der Waals surface area (Å²) in [4.78, 5) is 29.4. The average Bonchev–Trinajstić information content (AvgIpc) is 3.23. The number of thiophene rings is 1. The van der Waals surface area contributed by atoms with Gasteiger partial charge in [0.05, 0.1) is 22.7 Å². The Labute approximate surface area is 216 Å². The molecule has 2 aromatic carbocycles. The summed E-state index contributed by atoms with van der Waals surface area (Å²) in [5.74, 6) is 0.128. The van der Waals surface area contributed by atoms with E-state index in [9.17, 15) is 9.59 Å². The first-order valence-electron chi connectivity index (χ1n) is 11.5. The van der Waals surface area contributed by atoms with Crippen LogP contribution in [0.15, 0.2) is 40.9 Å². The Morgan fingerprint density at radius 2 is 2.00 bits per heavy atom. The van der Waals surface area contributed by atoms with E-state index in [0.717, 1.165) is 53.3 Å². The molecule has 2 aliphatic rings. The highest BCUT2D eigenvalue weighted by Gasteiger charge is 2.33. The number of amides is 1. The summed E-state index contributed by atoms with van der Waals surface area (Å²) in [7, 11) is 1.52. The van der Waals surface area contributed by atoms with Crippen LogP contribution in [-0.2, 0) is 13.0 Å². The van der Waals surface area contributed by atoms with E-state index in [1.807, 2.05) is 25.1 Å². The molecule has 0 aliphatic carbocycles. The summed E-state index contributed by atoms with van der Waals surface area (Å²) >= 11 is 5.18. The molecule has 1 amide bonds. The molecule has 1 aromatic heterocycles. The zero-order valence-corrected chi connectivity index (χ0v) is 22.1. The number of hydrogen-bond donors (Lipinski definition) is 2. The molecule has 0 unspecified atom stereocenters. The van der Waals surface area contributed by atoms with Crippen molar-refractivity contribution in [3.63, 3.8) is 0 Å². The van der Waals surface area contributed by atoms with Crippen LogP contribution in [0.2, 0.25) is 0 Å². The Morgan fingerprint density at radius 1 is 1.23 bits per heavy atom. The fourth-order valence-corrected chi connectivity index (χ4v) is 6.31. The molecule has 0 radical (unpaired) electrons. The number of fused-ring (bicyclic) bond motifs is 3. The van der Waals surface area contributed by atoms with Crippen molar-refractivity contribution in [1.82, 2.24) is 10.2 Å². The van der Waals surface area contributed by atoms with Gasteiger partial charge in [-0.15, -0.1) is 11.3 Å². The number of carbonyl (C=O) groups excluding carboxylic acids is 2. The maximum Gasteiger partial charge on any atom is 0.343 e. The second kappa shape index (κ2) is 9.64. The third-order valence-corrected chi connectivity index (χ3v) is 8.17. The van der Waals surface area contributed by atoms with E-state index in [0.29, 0.717) is 15.8 Å². The molecule has 3 aromatic rings. The Balaban J connectivity index is 1.41. The molecule has 3 heterocycles. The monoisotopic (exact) mass is 555 g/mol. The van der Waals surface area contributed by atoms with Crippen molar-refractivity contribution in [3.8, 4) is 11.5 Å². The summed E-state index contributed by atoms with van der Waals surface area (Å²) in [5.41, 5.74) is 4.22. The lowest BCUT2D eigenvalue weighted by Crippen LogP contribution is -2.38. The van der Waals surface area contributed by atoms with Crippen molar-refractivity contribution < 1.29 is 19.1 Å². The van der Waals surface area contributed by atoms with Crippen molar-refractivity contribution in [2.24, 2.45) is 0 Å². The molecule has 9 heteroatoms. The second-order valence-corrected chi connectivity index (χ2v) is 10.6. The van der Waals surface area contributed by atoms with Crippen LogP contribution in [-0.4, -0.2) is 37.0 Å². The summed E-state index contributed by atoms with van der Waals surface area (Å²) in [6.45, 7) is 6.96. The van der Waals surface area contributed by atoms with Crippen molar-refractivity contribution in [1.29, 1.82) is 0 Å². The minimum atomic E-state index is -0.476. The van der Waals surface area contributed by atoms with Gasteiger partial charge in [-0.3, -0.25) is 9.69 Å². The van der Waals surface area contributed by atoms with Crippen LogP contribution in [0.4, 0.5) is 5.00 Å². The van der Waals surface area contributed by atoms with Crippen LogP contribution in [0.25, 0.3) is 0 Å². The predicted octanol–water partition coefficient (Wildman–Crippen LogP) is 5.28. The molecule has 7 nitrogen and oxygen atoms in total. The highest BCUT2D eigenvalue weighted by molar-refractivity contribution is 9.10. The van der Waals surface area contributed by atoms with Gasteiger partial charge in [0.25, 0.3) is 5.91 Å². The maximum atomic E-state index is 13.1. The summed E-state index contributed by atoms with van der Waals surface area (Å²) in [6.07, 6.45) is 0.444. The lowest BCUT2D eigenvalue weighted by Gasteiger charge is -2.28. The number of esters is 1. The third-order valence-electron chi connectivity index (χ3n) is 6.43. The Bertz CT molecular complexity index is 1300. The van der Waals surface area contributed by atoms with E-state index in [-0.39, 0.29) is 11.7 Å². The van der Waals surface area contributed by atoms with E-state index in [2.05, 4.69) is 38.4 Å². The predicted molar refractivity (Wildman–Crippen MR) is 140 cm³/mol. The molecule has 35 heavy (non-hydrogen) atoms. The van der Waals surface area contributed by atoms with E-state index < -0.39 is 12.1 Å². The van der Waals surface area contributed by atoms with Gasteiger partial charge in [-0.1, -0.05) is 24.6 Å². The van der Waals surface area contributed by atoms with Gasteiger partial charge in [0, 0.05) is 18.0 Å². The van der Waals surface area contributed by atoms with Crippen molar-refractivity contribution in [2.75, 3.05) is 25.5 Å². The average molecular weight is 556 g/mol. The second-order valence-electron chi connectivity index (χ2n) is 8.67. The quantitative estimate of drug-likeness (QED) is 0.329. The number of likely N-dealkylation sites (N-methyl/N-ethyl adjacent to an activating group) is 1. The first-order valence-corrected chi connectivity index (χ1v) is 13.1. The largest absolute Gasteiger partial charge is 0.493 e. The van der Waals surface area contributed by atoms with Crippen LogP contribution in [0.5, 0.6) is 11.5 Å². The first kappa shape index (κ1) is 23.8. The van der Waals surface area contributed by atoms with Gasteiger partial charge in [-0.25, -0.2) is 4.79 Å². The van der Waals surface area contributed by atoms with Gasteiger partial charge in [0.2, 0.25) is 0 Å². The number of aryl methyl sites for hydroxylation is 1. The number of anilines is 1. The number of benzene rings is 2. The third kappa shape index (κ3) is 4.55. The normalized spacial score (nSPS) is 17.1. The molecule has 0 spiro atoms. The molecule has 0 saturated carbocycles. The number of rotatable bonds is 5. The standard InChI is InChI=1S/C26H26BrN3O4S/c1-4-30-10-9-17-20(13-30)35-25-21(17)24(31)28-23(29-25)16-11-18(27)22(19(12-16)33-3)34-26(32)15-7-5-14(2)6-8-15/h5-8,11-12,23,29H,4,9-10,13H2,1-3H3,(H,28,31)/t23-/m0/s1. The van der Waals surface area contributed by atoms with E-state index in [4.69, 9.17) is 9.47 Å². The lowest BCUT2D eigenvalue weighted by molar-refractivity contribution is 0.0728. The smallest absolute Gasteiger partial charge is 0.343 e. The molecular formula is C26H26BrN3O4S. The molecule has 5 rings (SSSR count). The fraction of sp³-hybridized carbons (Fsp3) is 0.308. The van der Waals surface area contributed by atoms with Crippen LogP contribution in [0.1, 0.15) is 55.4 Å². The van der Waals surface area contributed by atoms with Gasteiger partial charge < -0.3 is 20.1 Å². The minimum Gasteiger partial charge on any atom is -0.493 e. The summed E-state index contributed by atoms with van der Waals surface area (Å²) < 4.78 is 11.8. The van der Waals surface area contributed by atoms with Crippen LogP contribution < -0.4 is 20.1 Å². The molecule has 2 N–H and O–H groups in total. The van der Waals surface area contributed by atoms with E-state index in [1.165, 1.54) is 12.0 Å². The highest BCUT2D eigenvalue weighted by Crippen LogP contribution is 2.43. The van der Waals surface area contributed by atoms with Gasteiger partial charge in [0.15, 0.2) is 11.5 Å². The highest BCUT2D eigenvalue weighted by atomic mass is 79.9. The number of halogens is 1.